The van der Waals surface area contributed by atoms with Crippen molar-refractivity contribution in [2.75, 3.05) is 79.1 Å². The van der Waals surface area contributed by atoms with E-state index < -0.39 is 64.9 Å². The summed E-state index contributed by atoms with van der Waals surface area (Å²) in [5.41, 5.74) is -1.84. The Hall–Kier alpha value is -6.66. The lowest BCUT2D eigenvalue weighted by molar-refractivity contribution is -0.142. The number of carboxylic acid groups (broad SMARTS) is 1. The molecule has 2 heterocycles. The smallest absolute Gasteiger partial charge is 0.481 e. The topological polar surface area (TPSA) is 226 Å². The SMILES string of the molecule is CN(CCO)CC[C@H](CSc1ccccc1)Nc1ccc(S(=O)(=O)NC(=O)c2ccc(N3CCC([C@@H](O)c4cc(C(=O)Nc5ccc(N6CCC(C(=O)O)CC6)cc5)ccc4-c4ccc(Cl)cc4)CC3)cc2)cc1S(=O)(=O)C(F)(F)F. The highest BCUT2D eigenvalue weighted by Gasteiger charge is 2.48. The molecule has 23 heteroatoms. The lowest BCUT2D eigenvalue weighted by atomic mass is 9.83. The lowest BCUT2D eigenvalue weighted by Gasteiger charge is -2.36. The van der Waals surface area contributed by atoms with Crippen LogP contribution in [0.1, 0.15) is 64.5 Å². The monoisotopic (exact) mass is 1190 g/mol. The Labute approximate surface area is 478 Å². The zero-order chi connectivity index (χ0) is 58.1. The summed E-state index contributed by atoms with van der Waals surface area (Å²) in [6.07, 6.45) is 1.47. The first-order chi connectivity index (χ1) is 38.6. The van der Waals surface area contributed by atoms with Gasteiger partial charge in [0.05, 0.1) is 29.2 Å². The second-order valence-electron chi connectivity index (χ2n) is 20.0. The summed E-state index contributed by atoms with van der Waals surface area (Å²) in [6.45, 7) is 2.75. The minimum atomic E-state index is -6.14. The maximum absolute atomic E-state index is 14.2. The molecule has 0 saturated carbocycles. The summed E-state index contributed by atoms with van der Waals surface area (Å²) < 4.78 is 98.0. The molecule has 2 aliphatic rings. The number of carbonyl (C=O) groups is 3. The number of aliphatic hydroxyl groups is 2. The fourth-order valence-corrected chi connectivity index (χ4v) is 13.0. The number of amides is 2. The molecular formula is C58H62ClF3N6O10S3. The fraction of sp³-hybridized carbons (Fsp3) is 0.328. The number of sulfone groups is 1. The minimum absolute atomic E-state index is 0.107. The van der Waals surface area contributed by atoms with Gasteiger partial charge in [-0.2, -0.15) is 13.2 Å². The predicted molar refractivity (Wildman–Crippen MR) is 308 cm³/mol. The number of halogens is 4. The maximum Gasteiger partial charge on any atom is 0.501 e. The molecule has 6 N–H and O–H groups in total. The van der Waals surface area contributed by atoms with Gasteiger partial charge in [0.15, 0.2) is 0 Å². The quantitative estimate of drug-likeness (QED) is 0.0348. The van der Waals surface area contributed by atoms with E-state index in [-0.39, 0.29) is 35.7 Å². The maximum atomic E-state index is 14.2. The molecule has 2 saturated heterocycles. The molecule has 2 amide bonds. The molecule has 6 aromatic carbocycles. The Bertz CT molecular complexity index is 3390. The molecule has 2 aliphatic heterocycles. The molecule has 2 atom stereocenters. The van der Waals surface area contributed by atoms with E-state index in [2.05, 4.69) is 15.5 Å². The number of anilines is 4. The highest BCUT2D eigenvalue weighted by molar-refractivity contribution is 7.99. The first-order valence-electron chi connectivity index (χ1n) is 26.2. The van der Waals surface area contributed by atoms with Crippen LogP contribution in [0.15, 0.2) is 154 Å². The van der Waals surface area contributed by atoms with Crippen LogP contribution in [0.5, 0.6) is 0 Å². The number of thioether (sulfide) groups is 1. The Morgan fingerprint density at radius 2 is 1.36 bits per heavy atom. The van der Waals surface area contributed by atoms with Gasteiger partial charge in [-0.05, 0) is 171 Å². The summed E-state index contributed by atoms with van der Waals surface area (Å²) in [5, 5.41) is 37.3. The number of sulfonamides is 1. The van der Waals surface area contributed by atoms with Crippen LogP contribution in [0, 0.1) is 11.8 Å². The van der Waals surface area contributed by atoms with Crippen LogP contribution in [-0.2, 0) is 24.7 Å². The summed E-state index contributed by atoms with van der Waals surface area (Å²) in [6, 6.07) is 36.5. The predicted octanol–water partition coefficient (Wildman–Crippen LogP) is 9.81. The van der Waals surface area contributed by atoms with Crippen LogP contribution < -0.4 is 25.2 Å². The molecule has 0 aliphatic carbocycles. The third kappa shape index (κ3) is 15.3. The van der Waals surface area contributed by atoms with Gasteiger partial charge in [0, 0.05) is 82.6 Å². The largest absolute Gasteiger partial charge is 0.501 e. The van der Waals surface area contributed by atoms with Gasteiger partial charge in [0.1, 0.15) is 4.90 Å². The van der Waals surface area contributed by atoms with E-state index in [9.17, 15) is 59.7 Å². The number of carbonyl (C=O) groups excluding carboxylic acids is 2. The Morgan fingerprint density at radius 1 is 0.753 bits per heavy atom. The van der Waals surface area contributed by atoms with Gasteiger partial charge in [-0.1, -0.05) is 48.0 Å². The molecule has 0 spiro atoms. The first-order valence-corrected chi connectivity index (χ1v) is 30.5. The molecule has 0 unspecified atom stereocenters. The third-order valence-corrected chi connectivity index (χ3v) is 18.9. The van der Waals surface area contributed by atoms with E-state index in [0.717, 1.165) is 33.8 Å². The van der Waals surface area contributed by atoms with Crippen LogP contribution in [-0.4, -0.2) is 125 Å². The second kappa shape index (κ2) is 26.5. The number of nitrogens with one attached hydrogen (secondary N) is 3. The van der Waals surface area contributed by atoms with Crippen molar-refractivity contribution in [2.45, 2.75) is 64.4 Å². The number of aliphatic carboxylic acids is 1. The number of carboxylic acids is 1. The van der Waals surface area contributed by atoms with Crippen molar-refractivity contribution in [1.29, 1.82) is 0 Å². The van der Waals surface area contributed by atoms with Gasteiger partial charge < -0.3 is 40.7 Å². The van der Waals surface area contributed by atoms with E-state index in [4.69, 9.17) is 11.6 Å². The molecule has 430 valence electrons. The van der Waals surface area contributed by atoms with Gasteiger partial charge in [0.25, 0.3) is 31.7 Å². The summed E-state index contributed by atoms with van der Waals surface area (Å²) in [4.78, 5) is 43.2. The van der Waals surface area contributed by atoms with E-state index in [1.165, 1.54) is 23.9 Å². The van der Waals surface area contributed by atoms with Gasteiger partial charge in [-0.25, -0.2) is 21.6 Å². The number of aliphatic hydroxyl groups excluding tert-OH is 2. The van der Waals surface area contributed by atoms with E-state index in [1.54, 1.807) is 66.5 Å². The van der Waals surface area contributed by atoms with Crippen LogP contribution in [0.2, 0.25) is 5.02 Å². The third-order valence-electron chi connectivity index (χ3n) is 14.6. The standard InChI is InChI=1S/C58H62ClF3N6O10S3/c1-66(33-34-69)28-27-45(37-79-48-5-3-2-4-6-48)63-52-22-20-49(36-53(52)80(75,76)58(60,61)62)81(77,78)65-56(72)40-9-16-46(17-10-40)67-29-23-39(24-30-67)54(70)51-35-42(11-21-50(51)38-7-12-43(59)13-8-38)55(71)64-44-14-18-47(19-15-44)68-31-25-41(26-32-68)57(73)74/h2-22,35-36,39,41,45,54,63,69-70H,23-34,37H2,1H3,(H,64,71)(H,65,72)(H,73,74)/t45-,54-/m1/s1. The number of hydrogen-bond donors (Lipinski definition) is 6. The lowest BCUT2D eigenvalue weighted by Crippen LogP contribution is -2.36. The summed E-state index contributed by atoms with van der Waals surface area (Å²) in [5.74, 6) is -2.60. The van der Waals surface area contributed by atoms with Crippen molar-refractivity contribution in [3.05, 3.63) is 161 Å². The molecular weight excluding hydrogens is 1130 g/mol. The van der Waals surface area contributed by atoms with Gasteiger partial charge in [-0.3, -0.25) is 14.4 Å². The minimum Gasteiger partial charge on any atom is -0.481 e. The van der Waals surface area contributed by atoms with Gasteiger partial charge in [0.2, 0.25) is 0 Å². The number of likely N-dealkylation sites (N-methyl/N-ethyl adjacent to an activating group) is 1. The molecule has 0 radical (unpaired) electrons. The fourth-order valence-electron chi connectivity index (χ4n) is 9.90. The molecule has 0 aromatic heterocycles. The van der Waals surface area contributed by atoms with Crippen molar-refractivity contribution in [3.8, 4) is 11.1 Å². The van der Waals surface area contributed by atoms with E-state index in [1.807, 2.05) is 64.2 Å². The van der Waals surface area contributed by atoms with Crippen molar-refractivity contribution in [2.24, 2.45) is 11.8 Å². The highest BCUT2D eigenvalue weighted by Crippen LogP contribution is 2.40. The number of benzene rings is 6. The Kier molecular flexibility index (Phi) is 19.8. The molecule has 6 aromatic rings. The number of hydrogen-bond acceptors (Lipinski definition) is 14. The van der Waals surface area contributed by atoms with Crippen molar-refractivity contribution < 1.29 is 59.7 Å². The van der Waals surface area contributed by atoms with E-state index >= 15 is 0 Å². The van der Waals surface area contributed by atoms with Crippen molar-refractivity contribution >= 4 is 83.8 Å². The normalized spacial score (nSPS) is 15.5. The highest BCUT2D eigenvalue weighted by atomic mass is 35.5. The zero-order valence-electron chi connectivity index (χ0n) is 44.1. The summed E-state index contributed by atoms with van der Waals surface area (Å²) >= 11 is 7.61. The number of alkyl halides is 3. The van der Waals surface area contributed by atoms with Crippen molar-refractivity contribution in [1.82, 2.24) is 9.62 Å². The number of nitrogens with zero attached hydrogens (tertiary/aromatic N) is 3. The molecule has 16 nitrogen and oxygen atoms in total. The average Bonchev–Trinajstić information content (AvgIpc) is 3.51. The number of piperidine rings is 2. The first kappa shape index (κ1) is 60.4. The van der Waals surface area contributed by atoms with E-state index in [0.29, 0.717) is 105 Å². The number of rotatable bonds is 22. The zero-order valence-corrected chi connectivity index (χ0v) is 47.3. The molecule has 8 rings (SSSR count). The van der Waals surface area contributed by atoms with Crippen molar-refractivity contribution in [3.63, 3.8) is 0 Å². The van der Waals surface area contributed by atoms with Crippen LogP contribution in [0.4, 0.5) is 35.9 Å². The van der Waals surface area contributed by atoms with Gasteiger partial charge in [-0.15, -0.1) is 11.8 Å². The molecule has 2 fully saturated rings. The molecule has 81 heavy (non-hydrogen) atoms. The van der Waals surface area contributed by atoms with Gasteiger partial charge >= 0.3 is 11.5 Å². The second-order valence-corrected chi connectivity index (χ2v) is 25.2. The summed E-state index contributed by atoms with van der Waals surface area (Å²) in [7, 11) is -9.34. The Morgan fingerprint density at radius 3 is 1.96 bits per heavy atom. The Balaban J connectivity index is 0.923. The van der Waals surface area contributed by atoms with Crippen LogP contribution in [0.25, 0.3) is 11.1 Å². The molecule has 0 bridgehead atoms. The van der Waals surface area contributed by atoms with Crippen LogP contribution in [0.3, 0.4) is 0 Å². The average molecular weight is 1190 g/mol. The van der Waals surface area contributed by atoms with Crippen LogP contribution >= 0.6 is 23.4 Å².